The highest BCUT2D eigenvalue weighted by molar-refractivity contribution is 7.99. The second-order valence-electron chi connectivity index (χ2n) is 3.22. The number of rotatable bonds is 4. The molecule has 1 atom stereocenters. The van der Waals surface area contributed by atoms with Gasteiger partial charge in [0.15, 0.2) is 0 Å². The van der Waals surface area contributed by atoms with Gasteiger partial charge >= 0.3 is 0 Å². The van der Waals surface area contributed by atoms with Crippen LogP contribution in [0.25, 0.3) is 0 Å². The van der Waals surface area contributed by atoms with E-state index >= 15 is 0 Å². The number of carbonyl (C=O) groups excluding carboxylic acids is 1. The summed E-state index contributed by atoms with van der Waals surface area (Å²) in [5.41, 5.74) is 0. The Morgan fingerprint density at radius 1 is 1.71 bits per heavy atom. The third kappa shape index (κ3) is 4.88. The maximum absolute atomic E-state index is 11.4. The molecule has 1 fully saturated rings. The first kappa shape index (κ1) is 11.9. The summed E-state index contributed by atoms with van der Waals surface area (Å²) < 4.78 is 0. The van der Waals surface area contributed by atoms with Crippen LogP contribution in [0.2, 0.25) is 0 Å². The predicted molar refractivity (Wildman–Crippen MR) is 61.7 cm³/mol. The van der Waals surface area contributed by atoms with Crippen molar-refractivity contribution in [1.82, 2.24) is 10.6 Å². The summed E-state index contributed by atoms with van der Waals surface area (Å²) in [5, 5.41) is 6.47. The Hall–Kier alpha value is -0.190. The van der Waals surface area contributed by atoms with Crippen molar-refractivity contribution in [3.8, 4) is 0 Å². The topological polar surface area (TPSA) is 41.1 Å². The monoisotopic (exact) mass is 234 g/mol. The van der Waals surface area contributed by atoms with Crippen LogP contribution in [0.5, 0.6) is 0 Å². The molecule has 3 nitrogen and oxygen atoms in total. The van der Waals surface area contributed by atoms with E-state index in [-0.39, 0.29) is 5.91 Å². The number of carbonyl (C=O) groups is 1. The van der Waals surface area contributed by atoms with Crippen molar-refractivity contribution >= 4 is 29.3 Å². The van der Waals surface area contributed by atoms with E-state index in [1.54, 1.807) is 0 Å². The molecule has 0 spiro atoms. The van der Waals surface area contributed by atoms with Crippen molar-refractivity contribution in [2.24, 2.45) is 0 Å². The Morgan fingerprint density at radius 2 is 2.50 bits per heavy atom. The molecular formula is C9H15ClN2OS. The van der Waals surface area contributed by atoms with Gasteiger partial charge < -0.3 is 10.6 Å². The van der Waals surface area contributed by atoms with Gasteiger partial charge in [-0.25, -0.2) is 0 Å². The summed E-state index contributed by atoms with van der Waals surface area (Å²) in [5.74, 6) is 2.18. The molecule has 1 aliphatic rings. The highest BCUT2D eigenvalue weighted by Crippen LogP contribution is 2.09. The lowest BCUT2D eigenvalue weighted by Crippen LogP contribution is -2.41. The van der Waals surface area contributed by atoms with Gasteiger partial charge in [-0.15, -0.1) is 0 Å². The molecule has 0 saturated carbocycles. The van der Waals surface area contributed by atoms with Crippen LogP contribution in [0.15, 0.2) is 11.6 Å². The van der Waals surface area contributed by atoms with Crippen LogP contribution in [0, 0.1) is 0 Å². The summed E-state index contributed by atoms with van der Waals surface area (Å²) in [6, 6.07) is 0.303. The van der Waals surface area contributed by atoms with E-state index in [0.29, 0.717) is 24.0 Å². The van der Waals surface area contributed by atoms with Crippen molar-refractivity contribution < 1.29 is 4.79 Å². The van der Waals surface area contributed by atoms with Gasteiger partial charge in [0.2, 0.25) is 5.91 Å². The molecule has 1 unspecified atom stereocenters. The molecule has 1 heterocycles. The van der Waals surface area contributed by atoms with Crippen LogP contribution in [0.3, 0.4) is 0 Å². The smallest absolute Gasteiger partial charge is 0.221 e. The number of thioether (sulfide) groups is 1. The Balaban J connectivity index is 2.15. The number of hydrogen-bond acceptors (Lipinski definition) is 3. The Labute approximate surface area is 93.7 Å². The maximum atomic E-state index is 11.4. The Bertz CT molecular complexity index is 217. The van der Waals surface area contributed by atoms with Crippen molar-refractivity contribution in [2.75, 3.05) is 24.6 Å². The SMILES string of the molecule is C=C(Cl)CNC(=O)CC1CSCCN1. The predicted octanol–water partition coefficient (Wildman–Crippen LogP) is 0.950. The van der Waals surface area contributed by atoms with Crippen LogP contribution in [-0.4, -0.2) is 36.5 Å². The molecule has 14 heavy (non-hydrogen) atoms. The standard InChI is InChI=1S/C9H15ClN2OS/c1-7(10)5-12-9(13)4-8-6-14-3-2-11-8/h8,11H,1-6H2,(H,12,13). The first-order valence-electron chi connectivity index (χ1n) is 4.59. The summed E-state index contributed by atoms with van der Waals surface area (Å²) in [4.78, 5) is 11.4. The van der Waals surface area contributed by atoms with Crippen LogP contribution in [0.4, 0.5) is 0 Å². The van der Waals surface area contributed by atoms with Gasteiger partial charge in [0.1, 0.15) is 0 Å². The normalized spacial score (nSPS) is 21.6. The molecule has 1 rings (SSSR count). The van der Waals surface area contributed by atoms with E-state index in [0.717, 1.165) is 18.1 Å². The minimum absolute atomic E-state index is 0.0341. The summed E-state index contributed by atoms with van der Waals surface area (Å²) in [6.45, 7) is 4.86. The molecule has 1 aliphatic heterocycles. The molecule has 0 radical (unpaired) electrons. The molecule has 2 N–H and O–H groups in total. The van der Waals surface area contributed by atoms with Crippen molar-refractivity contribution in [3.63, 3.8) is 0 Å². The first-order chi connectivity index (χ1) is 6.68. The lowest BCUT2D eigenvalue weighted by molar-refractivity contribution is -0.121. The Kier molecular flexibility index (Phi) is 5.37. The quantitative estimate of drug-likeness (QED) is 0.761. The zero-order chi connectivity index (χ0) is 10.4. The van der Waals surface area contributed by atoms with Crippen LogP contribution >= 0.6 is 23.4 Å². The Morgan fingerprint density at radius 3 is 3.07 bits per heavy atom. The fraction of sp³-hybridized carbons (Fsp3) is 0.667. The molecule has 5 heteroatoms. The molecule has 1 saturated heterocycles. The zero-order valence-corrected chi connectivity index (χ0v) is 9.59. The van der Waals surface area contributed by atoms with Gasteiger partial charge in [0, 0.05) is 35.5 Å². The first-order valence-corrected chi connectivity index (χ1v) is 6.13. The van der Waals surface area contributed by atoms with Crippen LogP contribution in [-0.2, 0) is 4.79 Å². The van der Waals surface area contributed by atoms with Crippen molar-refractivity contribution in [1.29, 1.82) is 0 Å². The summed E-state index contributed by atoms with van der Waals surface area (Å²) in [7, 11) is 0. The van der Waals surface area contributed by atoms with Gasteiger partial charge in [-0.3, -0.25) is 4.79 Å². The largest absolute Gasteiger partial charge is 0.351 e. The van der Waals surface area contributed by atoms with E-state index in [2.05, 4.69) is 17.2 Å². The van der Waals surface area contributed by atoms with Gasteiger partial charge in [-0.2, -0.15) is 11.8 Å². The molecule has 1 amide bonds. The average Bonchev–Trinajstić information content (AvgIpc) is 2.16. The maximum Gasteiger partial charge on any atom is 0.221 e. The molecule has 0 bridgehead atoms. The average molecular weight is 235 g/mol. The lowest BCUT2D eigenvalue weighted by atomic mass is 10.2. The summed E-state index contributed by atoms with van der Waals surface area (Å²) in [6.07, 6.45) is 0.525. The number of hydrogen-bond donors (Lipinski definition) is 2. The molecule has 0 aromatic heterocycles. The van der Waals surface area contributed by atoms with Gasteiger partial charge in [-0.1, -0.05) is 18.2 Å². The van der Waals surface area contributed by atoms with E-state index < -0.39 is 0 Å². The van der Waals surface area contributed by atoms with Crippen LogP contribution < -0.4 is 10.6 Å². The molecule has 0 aromatic rings. The number of halogens is 1. The minimum Gasteiger partial charge on any atom is -0.351 e. The molecular weight excluding hydrogens is 220 g/mol. The fourth-order valence-corrected chi connectivity index (χ4v) is 2.26. The van der Waals surface area contributed by atoms with E-state index in [1.165, 1.54) is 0 Å². The third-order valence-electron chi connectivity index (χ3n) is 1.91. The van der Waals surface area contributed by atoms with Gasteiger partial charge in [0.05, 0.1) is 6.54 Å². The summed E-state index contributed by atoms with van der Waals surface area (Å²) >= 11 is 7.42. The highest BCUT2D eigenvalue weighted by atomic mass is 35.5. The van der Waals surface area contributed by atoms with Gasteiger partial charge in [0.25, 0.3) is 0 Å². The number of amides is 1. The second kappa shape index (κ2) is 6.32. The van der Waals surface area contributed by atoms with E-state index in [4.69, 9.17) is 11.6 Å². The lowest BCUT2D eigenvalue weighted by Gasteiger charge is -2.22. The third-order valence-corrected chi connectivity index (χ3v) is 3.17. The molecule has 0 aromatic carbocycles. The van der Waals surface area contributed by atoms with E-state index in [9.17, 15) is 4.79 Å². The number of nitrogens with one attached hydrogen (secondary N) is 2. The second-order valence-corrected chi connectivity index (χ2v) is 4.91. The minimum atomic E-state index is 0.0341. The van der Waals surface area contributed by atoms with E-state index in [1.807, 2.05) is 11.8 Å². The molecule has 0 aliphatic carbocycles. The zero-order valence-electron chi connectivity index (χ0n) is 8.01. The van der Waals surface area contributed by atoms with Crippen molar-refractivity contribution in [2.45, 2.75) is 12.5 Å². The van der Waals surface area contributed by atoms with Gasteiger partial charge in [-0.05, 0) is 0 Å². The van der Waals surface area contributed by atoms with Crippen molar-refractivity contribution in [3.05, 3.63) is 11.6 Å². The highest BCUT2D eigenvalue weighted by Gasteiger charge is 2.16. The fourth-order valence-electron chi connectivity index (χ4n) is 1.24. The molecule has 80 valence electrons. The van der Waals surface area contributed by atoms with Crippen LogP contribution in [0.1, 0.15) is 6.42 Å².